The van der Waals surface area contributed by atoms with Crippen LogP contribution in [0.25, 0.3) is 0 Å². The number of azo groups is 2. The first kappa shape index (κ1) is 40.2. The van der Waals surface area contributed by atoms with Crippen molar-refractivity contribution in [2.24, 2.45) is 20.5 Å². The second kappa shape index (κ2) is 21.0. The van der Waals surface area contributed by atoms with Crippen LogP contribution in [0.2, 0.25) is 0 Å². The van der Waals surface area contributed by atoms with Crippen LogP contribution in [0, 0.1) is 0 Å². The van der Waals surface area contributed by atoms with E-state index in [1.54, 1.807) is 48.5 Å². The SMILES string of the molecule is CCCCCCOc1ccc(N=Nc2cccc(C(=O)O[C@H]3CO[C@H]4[C@@H]3OC[C@H]4OC(=O)c3cccc(N=Nc4ccc(OCCCCCC)cc4)c3)c2)cc1. The van der Waals surface area contributed by atoms with Crippen molar-refractivity contribution in [1.82, 2.24) is 0 Å². The van der Waals surface area contributed by atoms with Gasteiger partial charge in [-0.05, 0) is 97.8 Å². The Morgan fingerprint density at radius 1 is 0.536 bits per heavy atom. The summed E-state index contributed by atoms with van der Waals surface area (Å²) in [6.07, 6.45) is 6.68. The number of ether oxygens (including phenoxy) is 6. The third-order valence-corrected chi connectivity index (χ3v) is 9.41. The second-order valence-corrected chi connectivity index (χ2v) is 13.8. The highest BCUT2D eigenvalue weighted by molar-refractivity contribution is 5.91. The summed E-state index contributed by atoms with van der Waals surface area (Å²) in [6.45, 7) is 5.96. The molecule has 0 radical (unpaired) electrons. The lowest BCUT2D eigenvalue weighted by atomic mass is 10.1. The van der Waals surface area contributed by atoms with Crippen LogP contribution in [0.4, 0.5) is 22.7 Å². The van der Waals surface area contributed by atoms with Gasteiger partial charge in [-0.1, -0.05) is 64.5 Å². The summed E-state index contributed by atoms with van der Waals surface area (Å²) in [7, 11) is 0. The molecule has 2 heterocycles. The number of rotatable bonds is 20. The number of carbonyl (C=O) groups is 2. The number of fused-ring (bicyclic) bond motifs is 1. The van der Waals surface area contributed by atoms with Crippen molar-refractivity contribution in [1.29, 1.82) is 0 Å². The zero-order valence-corrected chi connectivity index (χ0v) is 32.1. The molecule has 2 aliphatic heterocycles. The molecule has 0 aromatic heterocycles. The highest BCUT2D eigenvalue weighted by Crippen LogP contribution is 2.32. The van der Waals surface area contributed by atoms with Crippen molar-refractivity contribution in [2.75, 3.05) is 26.4 Å². The minimum atomic E-state index is -0.677. The van der Waals surface area contributed by atoms with Crippen LogP contribution in [0.5, 0.6) is 11.5 Å². The lowest BCUT2D eigenvalue weighted by molar-refractivity contribution is -0.0287. The first-order valence-corrected chi connectivity index (χ1v) is 19.6. The summed E-state index contributed by atoms with van der Waals surface area (Å²) in [5, 5.41) is 17.2. The van der Waals surface area contributed by atoms with E-state index in [2.05, 4.69) is 34.3 Å². The number of nitrogens with zero attached hydrogens (tertiary/aromatic N) is 4. The standard InChI is InChI=1S/C44H50N4O8/c1-3-5-7-9-25-51-37-21-17-33(18-22-37)45-47-35-15-11-13-31(27-35)43(49)55-39-29-53-42-40(30-54-41(39)42)56-44(50)32-14-12-16-36(28-32)48-46-34-19-23-38(24-20-34)52-26-10-8-6-4-2/h11-24,27-28,39-42H,3-10,25-26,29-30H2,1-2H3/t39-,40+,41-,42-/m1/s1. The first-order valence-electron chi connectivity index (χ1n) is 19.6. The Morgan fingerprint density at radius 2 is 0.946 bits per heavy atom. The molecule has 0 bridgehead atoms. The summed E-state index contributed by atoms with van der Waals surface area (Å²) in [6, 6.07) is 28.3. The van der Waals surface area contributed by atoms with Gasteiger partial charge < -0.3 is 28.4 Å². The zero-order valence-electron chi connectivity index (χ0n) is 32.1. The fourth-order valence-electron chi connectivity index (χ4n) is 6.32. The summed E-state index contributed by atoms with van der Waals surface area (Å²) in [5.74, 6) is 0.489. The smallest absolute Gasteiger partial charge is 0.338 e. The summed E-state index contributed by atoms with van der Waals surface area (Å²) in [5.41, 5.74) is 2.95. The lowest BCUT2D eigenvalue weighted by Gasteiger charge is -2.17. The molecule has 2 fully saturated rings. The molecule has 0 saturated carbocycles. The van der Waals surface area contributed by atoms with Gasteiger partial charge >= 0.3 is 11.9 Å². The van der Waals surface area contributed by atoms with Gasteiger partial charge in [0.2, 0.25) is 0 Å². The van der Waals surface area contributed by atoms with E-state index in [-0.39, 0.29) is 13.2 Å². The van der Waals surface area contributed by atoms with Gasteiger partial charge in [0.25, 0.3) is 0 Å². The number of benzene rings is 4. The number of hydrogen-bond donors (Lipinski definition) is 0. The molecule has 6 rings (SSSR count). The van der Waals surface area contributed by atoms with Gasteiger partial charge in [0, 0.05) is 0 Å². The third-order valence-electron chi connectivity index (χ3n) is 9.41. The molecule has 2 saturated heterocycles. The van der Waals surface area contributed by atoms with Crippen LogP contribution in [-0.4, -0.2) is 62.8 Å². The average molecular weight is 763 g/mol. The van der Waals surface area contributed by atoms with Crippen LogP contribution < -0.4 is 9.47 Å². The second-order valence-electron chi connectivity index (χ2n) is 13.8. The Bertz CT molecular complexity index is 1780. The Hall–Kier alpha value is -5.46. The largest absolute Gasteiger partial charge is 0.494 e. The van der Waals surface area contributed by atoms with Gasteiger partial charge in [0.05, 0.1) is 60.3 Å². The van der Waals surface area contributed by atoms with Crippen LogP contribution >= 0.6 is 0 Å². The van der Waals surface area contributed by atoms with E-state index in [9.17, 15) is 9.59 Å². The van der Waals surface area contributed by atoms with Gasteiger partial charge in [-0.25, -0.2) is 9.59 Å². The van der Waals surface area contributed by atoms with Crippen molar-refractivity contribution < 1.29 is 38.0 Å². The minimum Gasteiger partial charge on any atom is -0.494 e. The number of esters is 2. The maximum Gasteiger partial charge on any atom is 0.338 e. The molecule has 12 heteroatoms. The Labute approximate surface area is 328 Å². The van der Waals surface area contributed by atoms with Crippen molar-refractivity contribution in [3.63, 3.8) is 0 Å². The molecular weight excluding hydrogens is 713 g/mol. The van der Waals surface area contributed by atoms with Gasteiger partial charge in [-0.15, -0.1) is 0 Å². The predicted molar refractivity (Wildman–Crippen MR) is 211 cm³/mol. The summed E-state index contributed by atoms with van der Waals surface area (Å²) in [4.78, 5) is 26.3. The van der Waals surface area contributed by atoms with Crippen LogP contribution in [0.3, 0.4) is 0 Å². The maximum absolute atomic E-state index is 13.2. The van der Waals surface area contributed by atoms with Crippen molar-refractivity contribution in [3.8, 4) is 11.5 Å². The Kier molecular flexibility index (Phi) is 15.1. The molecule has 4 atom stereocenters. The van der Waals surface area contributed by atoms with Crippen LogP contribution in [-0.2, 0) is 18.9 Å². The average Bonchev–Trinajstić information content (AvgIpc) is 3.82. The van der Waals surface area contributed by atoms with Gasteiger partial charge in [-0.2, -0.15) is 20.5 Å². The topological polar surface area (TPSA) is 139 Å². The molecule has 294 valence electrons. The van der Waals surface area contributed by atoms with E-state index in [0.717, 1.165) is 37.2 Å². The molecule has 0 aliphatic carbocycles. The normalized spacial score (nSPS) is 19.0. The van der Waals surface area contributed by atoms with Gasteiger partial charge in [0.15, 0.2) is 12.2 Å². The highest BCUT2D eigenvalue weighted by Gasteiger charge is 2.51. The number of unbranched alkanes of at least 4 members (excludes halogenated alkanes) is 6. The maximum atomic E-state index is 13.2. The fourth-order valence-corrected chi connectivity index (χ4v) is 6.32. The monoisotopic (exact) mass is 762 g/mol. The molecule has 0 N–H and O–H groups in total. The van der Waals surface area contributed by atoms with Crippen molar-refractivity contribution >= 4 is 34.7 Å². The van der Waals surface area contributed by atoms with Crippen molar-refractivity contribution in [3.05, 3.63) is 108 Å². The van der Waals surface area contributed by atoms with Crippen LogP contribution in [0.1, 0.15) is 85.9 Å². The molecule has 0 spiro atoms. The number of hydrogen-bond acceptors (Lipinski definition) is 12. The predicted octanol–water partition coefficient (Wildman–Crippen LogP) is 11.0. The molecule has 0 unspecified atom stereocenters. The first-order chi connectivity index (χ1) is 27.5. The number of carbonyl (C=O) groups excluding carboxylic acids is 2. The van der Waals surface area contributed by atoms with E-state index >= 15 is 0 Å². The Balaban J connectivity index is 0.960. The van der Waals surface area contributed by atoms with E-state index < -0.39 is 36.4 Å². The van der Waals surface area contributed by atoms with E-state index in [0.29, 0.717) is 47.1 Å². The molecular formula is C44H50N4O8. The molecule has 4 aromatic carbocycles. The minimum absolute atomic E-state index is 0.106. The molecule has 56 heavy (non-hydrogen) atoms. The molecule has 2 aliphatic rings. The lowest BCUT2D eigenvalue weighted by Crippen LogP contribution is -2.36. The Morgan fingerprint density at radius 3 is 1.36 bits per heavy atom. The van der Waals surface area contributed by atoms with Crippen molar-refractivity contribution in [2.45, 2.75) is 89.6 Å². The quantitative estimate of drug-likeness (QED) is 0.0492. The summed E-state index contributed by atoms with van der Waals surface area (Å²) >= 11 is 0. The highest BCUT2D eigenvalue weighted by atomic mass is 16.7. The van der Waals surface area contributed by atoms with E-state index in [1.165, 1.54) is 25.7 Å². The molecule has 0 amide bonds. The molecule has 4 aromatic rings. The van der Waals surface area contributed by atoms with Crippen LogP contribution in [0.15, 0.2) is 118 Å². The van der Waals surface area contributed by atoms with Gasteiger partial charge in [0.1, 0.15) is 23.7 Å². The third kappa shape index (κ3) is 11.8. The van der Waals surface area contributed by atoms with E-state index in [1.807, 2.05) is 48.5 Å². The molecule has 12 nitrogen and oxygen atoms in total. The fraction of sp³-hybridized carbons (Fsp3) is 0.409. The summed E-state index contributed by atoms with van der Waals surface area (Å²) < 4.78 is 35.1. The zero-order chi connectivity index (χ0) is 39.0. The van der Waals surface area contributed by atoms with E-state index in [4.69, 9.17) is 28.4 Å². The van der Waals surface area contributed by atoms with Gasteiger partial charge in [-0.3, -0.25) is 0 Å².